The van der Waals surface area contributed by atoms with Gasteiger partial charge in [0.25, 0.3) is 11.5 Å². The van der Waals surface area contributed by atoms with Crippen molar-refractivity contribution in [2.75, 3.05) is 20.2 Å². The predicted octanol–water partition coefficient (Wildman–Crippen LogP) is 3.00. The van der Waals surface area contributed by atoms with Crippen LogP contribution < -0.4 is 10.3 Å². The van der Waals surface area contributed by atoms with Crippen LogP contribution in [-0.4, -0.2) is 56.9 Å². The largest absolute Gasteiger partial charge is 0.497 e. The summed E-state index contributed by atoms with van der Waals surface area (Å²) < 4.78 is 5.28. The Kier molecular flexibility index (Phi) is 5.25. The van der Waals surface area contributed by atoms with Crippen molar-refractivity contribution in [3.05, 3.63) is 57.4 Å². The molecule has 2 N–H and O–H groups in total. The van der Waals surface area contributed by atoms with E-state index < -0.39 is 0 Å². The molecule has 2 aromatic heterocycles. The zero-order valence-corrected chi connectivity index (χ0v) is 18.8. The molecule has 1 fully saturated rings. The van der Waals surface area contributed by atoms with Gasteiger partial charge in [0.05, 0.1) is 18.8 Å². The number of benzene rings is 1. The van der Waals surface area contributed by atoms with E-state index in [0.717, 1.165) is 47.3 Å². The summed E-state index contributed by atoms with van der Waals surface area (Å²) >= 11 is 0. The number of amides is 1. The second-order valence-corrected chi connectivity index (χ2v) is 8.98. The molecular weight excluding hydrogens is 406 g/mol. The van der Waals surface area contributed by atoms with Crippen LogP contribution in [0.5, 0.6) is 5.75 Å². The van der Waals surface area contributed by atoms with Gasteiger partial charge in [-0.05, 0) is 51.3 Å². The van der Waals surface area contributed by atoms with Crippen molar-refractivity contribution in [2.45, 2.75) is 51.7 Å². The highest BCUT2D eigenvalue weighted by atomic mass is 16.5. The molecular formula is C24H29N5O3. The van der Waals surface area contributed by atoms with Gasteiger partial charge in [-0.15, -0.1) is 0 Å². The molecule has 5 rings (SSSR count). The number of carbonyl (C=O) groups is 1. The number of carbonyl (C=O) groups excluding carboxylic acids is 1. The first-order valence-electron chi connectivity index (χ1n) is 11.3. The number of aromatic nitrogens is 3. The number of H-pyrrole nitrogens is 2. The molecule has 1 saturated heterocycles. The van der Waals surface area contributed by atoms with Crippen LogP contribution >= 0.6 is 0 Å². The van der Waals surface area contributed by atoms with Crippen LogP contribution in [0, 0.1) is 0 Å². The molecule has 168 valence electrons. The molecule has 0 saturated carbocycles. The van der Waals surface area contributed by atoms with Gasteiger partial charge in [0, 0.05) is 48.2 Å². The van der Waals surface area contributed by atoms with E-state index in [-0.39, 0.29) is 17.5 Å². The van der Waals surface area contributed by atoms with Gasteiger partial charge in [-0.2, -0.15) is 0 Å². The second-order valence-electron chi connectivity index (χ2n) is 8.98. The molecule has 8 nitrogen and oxygen atoms in total. The standard InChI is InChI=1S/C24H29N5O3/c1-14(2)28-10-8-17-20(13-28)26-22(27-23(17)30)21-5-4-9-29(21)24(31)19-11-15-6-7-16(32-3)12-18(15)25-19/h6-7,11-12,14,21,25H,4-5,8-10,13H2,1-3H3,(H,26,27,30)/t21-/m1/s1. The van der Waals surface area contributed by atoms with Crippen LogP contribution in [0.2, 0.25) is 0 Å². The third-order valence-corrected chi connectivity index (χ3v) is 6.74. The Balaban J connectivity index is 1.45. The number of nitrogens with one attached hydrogen (secondary N) is 2. The summed E-state index contributed by atoms with van der Waals surface area (Å²) in [6.45, 7) is 6.50. The van der Waals surface area contributed by atoms with Crippen molar-refractivity contribution in [2.24, 2.45) is 0 Å². The first-order valence-corrected chi connectivity index (χ1v) is 11.3. The van der Waals surface area contributed by atoms with E-state index in [4.69, 9.17) is 9.72 Å². The summed E-state index contributed by atoms with van der Waals surface area (Å²) in [4.78, 5) is 41.5. The van der Waals surface area contributed by atoms with E-state index in [9.17, 15) is 9.59 Å². The third kappa shape index (κ3) is 3.58. The average Bonchev–Trinajstić information content (AvgIpc) is 3.44. The fourth-order valence-corrected chi connectivity index (χ4v) is 4.87. The molecule has 0 spiro atoms. The Morgan fingerprint density at radius 2 is 2.06 bits per heavy atom. The lowest BCUT2D eigenvalue weighted by atomic mass is 10.0. The van der Waals surface area contributed by atoms with Crippen molar-refractivity contribution in [3.8, 4) is 5.75 Å². The van der Waals surface area contributed by atoms with Crippen molar-refractivity contribution in [1.82, 2.24) is 24.8 Å². The lowest BCUT2D eigenvalue weighted by Gasteiger charge is -2.31. The van der Waals surface area contributed by atoms with Crippen LogP contribution in [0.15, 0.2) is 29.1 Å². The van der Waals surface area contributed by atoms with E-state index in [0.29, 0.717) is 37.1 Å². The lowest BCUT2D eigenvalue weighted by molar-refractivity contribution is 0.0724. The number of aromatic amines is 2. The van der Waals surface area contributed by atoms with Crippen molar-refractivity contribution in [1.29, 1.82) is 0 Å². The topological polar surface area (TPSA) is 94.3 Å². The Labute approximate surface area is 186 Å². The molecule has 32 heavy (non-hydrogen) atoms. The molecule has 2 aliphatic rings. The van der Waals surface area contributed by atoms with Crippen molar-refractivity contribution >= 4 is 16.8 Å². The summed E-state index contributed by atoms with van der Waals surface area (Å²) in [5, 5.41) is 0.957. The van der Waals surface area contributed by atoms with Gasteiger partial charge in [0.2, 0.25) is 0 Å². The van der Waals surface area contributed by atoms with Gasteiger partial charge in [-0.3, -0.25) is 14.5 Å². The zero-order valence-electron chi connectivity index (χ0n) is 18.8. The van der Waals surface area contributed by atoms with E-state index in [2.05, 4.69) is 28.7 Å². The maximum absolute atomic E-state index is 13.4. The Morgan fingerprint density at radius 1 is 1.22 bits per heavy atom. The minimum atomic E-state index is -0.226. The van der Waals surface area contributed by atoms with E-state index >= 15 is 0 Å². The summed E-state index contributed by atoms with van der Waals surface area (Å²) in [6, 6.07) is 7.75. The zero-order chi connectivity index (χ0) is 22.4. The normalized spacial score (nSPS) is 19.0. The fraction of sp³-hybridized carbons (Fsp3) is 0.458. The van der Waals surface area contributed by atoms with Gasteiger partial charge < -0.3 is 19.6 Å². The summed E-state index contributed by atoms with van der Waals surface area (Å²) in [5.41, 5.74) is 2.96. The molecule has 1 aromatic carbocycles. The SMILES string of the molecule is COc1ccc2cc(C(=O)N3CCC[C@@H]3c3nc4c(c(=O)[nH]3)CCN(C(C)C)C4)[nH]c2c1. The number of likely N-dealkylation sites (tertiary alicyclic amines) is 1. The summed E-state index contributed by atoms with van der Waals surface area (Å²) in [7, 11) is 1.62. The first kappa shape index (κ1) is 20.8. The minimum absolute atomic E-state index is 0.0644. The Bertz CT molecular complexity index is 1230. The molecule has 1 amide bonds. The second kappa shape index (κ2) is 8.09. The van der Waals surface area contributed by atoms with Crippen LogP contribution in [0.3, 0.4) is 0 Å². The molecule has 0 unspecified atom stereocenters. The van der Waals surface area contributed by atoms with Gasteiger partial charge in [-0.1, -0.05) is 0 Å². The molecule has 1 atom stereocenters. The maximum Gasteiger partial charge on any atom is 0.270 e. The van der Waals surface area contributed by atoms with Crippen molar-refractivity contribution in [3.63, 3.8) is 0 Å². The lowest BCUT2D eigenvalue weighted by Crippen LogP contribution is -2.40. The Morgan fingerprint density at radius 3 is 2.84 bits per heavy atom. The quantitative estimate of drug-likeness (QED) is 0.657. The third-order valence-electron chi connectivity index (χ3n) is 6.74. The fourth-order valence-electron chi connectivity index (χ4n) is 4.87. The van der Waals surface area contributed by atoms with E-state index in [1.807, 2.05) is 29.2 Å². The highest BCUT2D eigenvalue weighted by Gasteiger charge is 2.34. The molecule has 4 heterocycles. The number of methoxy groups -OCH3 is 1. The number of ether oxygens (including phenoxy) is 1. The monoisotopic (exact) mass is 435 g/mol. The molecule has 0 radical (unpaired) electrons. The summed E-state index contributed by atoms with van der Waals surface area (Å²) in [5.74, 6) is 1.26. The molecule has 8 heteroatoms. The molecule has 0 aliphatic carbocycles. The van der Waals surface area contributed by atoms with E-state index in [1.165, 1.54) is 0 Å². The Hall–Kier alpha value is -3.13. The number of hydrogen-bond acceptors (Lipinski definition) is 5. The maximum atomic E-state index is 13.4. The number of hydrogen-bond donors (Lipinski definition) is 2. The number of fused-ring (bicyclic) bond motifs is 2. The molecule has 2 aliphatic heterocycles. The number of nitrogens with zero attached hydrogens (tertiary/aromatic N) is 3. The minimum Gasteiger partial charge on any atom is -0.497 e. The first-order chi connectivity index (χ1) is 15.4. The van der Waals surface area contributed by atoms with Gasteiger partial charge in [-0.25, -0.2) is 4.98 Å². The van der Waals surface area contributed by atoms with Crippen molar-refractivity contribution < 1.29 is 9.53 Å². The predicted molar refractivity (Wildman–Crippen MR) is 122 cm³/mol. The van der Waals surface area contributed by atoms with Crippen LogP contribution in [-0.2, 0) is 13.0 Å². The molecule has 3 aromatic rings. The van der Waals surface area contributed by atoms with Gasteiger partial charge >= 0.3 is 0 Å². The van der Waals surface area contributed by atoms with E-state index in [1.54, 1.807) is 7.11 Å². The van der Waals surface area contributed by atoms with Gasteiger partial charge in [0.15, 0.2) is 0 Å². The smallest absolute Gasteiger partial charge is 0.270 e. The van der Waals surface area contributed by atoms with Gasteiger partial charge in [0.1, 0.15) is 17.3 Å². The van der Waals surface area contributed by atoms with Crippen LogP contribution in [0.4, 0.5) is 0 Å². The summed E-state index contributed by atoms with van der Waals surface area (Å²) in [6.07, 6.45) is 2.38. The highest BCUT2D eigenvalue weighted by molar-refractivity contribution is 5.98. The van der Waals surface area contributed by atoms with Crippen LogP contribution in [0.1, 0.15) is 60.3 Å². The van der Waals surface area contributed by atoms with Crippen LogP contribution in [0.25, 0.3) is 10.9 Å². The number of rotatable bonds is 4. The highest BCUT2D eigenvalue weighted by Crippen LogP contribution is 2.32. The average molecular weight is 436 g/mol. The molecule has 0 bridgehead atoms.